The highest BCUT2D eigenvalue weighted by Gasteiger charge is 2.35. The summed E-state index contributed by atoms with van der Waals surface area (Å²) < 4.78 is 24.5. The molecular weight excluding hydrogens is 505 g/mol. The van der Waals surface area contributed by atoms with Gasteiger partial charge in [-0.1, -0.05) is 41.4 Å². The number of halogens is 2. The number of amides is 2. The third kappa shape index (κ3) is 5.78. The summed E-state index contributed by atoms with van der Waals surface area (Å²) in [5.41, 5.74) is 2.47. The normalized spacial score (nSPS) is 14.4. The molecule has 0 aliphatic carbocycles. The van der Waals surface area contributed by atoms with Gasteiger partial charge in [0, 0.05) is 5.02 Å². The molecule has 3 aromatic rings. The van der Waals surface area contributed by atoms with E-state index in [0.717, 1.165) is 28.3 Å². The van der Waals surface area contributed by atoms with Crippen LogP contribution in [0, 0.1) is 12.7 Å². The fourth-order valence-electron chi connectivity index (χ4n) is 3.42. The Balaban J connectivity index is 1.54. The zero-order valence-electron chi connectivity index (χ0n) is 19.4. The summed E-state index contributed by atoms with van der Waals surface area (Å²) in [6.45, 7) is 3.98. The van der Waals surface area contributed by atoms with Crippen LogP contribution in [0.15, 0.2) is 65.6 Å². The number of imide groups is 1. The number of benzene rings is 3. The van der Waals surface area contributed by atoms with Crippen LogP contribution >= 0.6 is 23.4 Å². The Bertz CT molecular complexity index is 1370. The number of hydrogen-bond acceptors (Lipinski definition) is 6. The Morgan fingerprint density at radius 2 is 1.81 bits per heavy atom. The van der Waals surface area contributed by atoms with Gasteiger partial charge in [0.15, 0.2) is 11.5 Å². The van der Waals surface area contributed by atoms with Crippen LogP contribution in [0.4, 0.5) is 9.18 Å². The van der Waals surface area contributed by atoms with E-state index in [2.05, 4.69) is 0 Å². The Labute approximate surface area is 216 Å². The lowest BCUT2D eigenvalue weighted by Crippen LogP contribution is -2.27. The molecule has 0 aromatic heterocycles. The molecular formula is C27H21ClFNO5S. The molecule has 1 saturated heterocycles. The SMILES string of the molecule is CCOc1cc(/C=C2\SC(=O)N(Cc3ccc(F)cc3Cl)C2=O)ccc1OC(=O)c1ccc(C)cc1. The van der Waals surface area contributed by atoms with E-state index in [1.807, 2.05) is 19.1 Å². The van der Waals surface area contributed by atoms with Gasteiger partial charge in [-0.05, 0) is 79.2 Å². The van der Waals surface area contributed by atoms with Gasteiger partial charge in [0.05, 0.1) is 23.6 Å². The van der Waals surface area contributed by atoms with E-state index in [1.165, 1.54) is 12.1 Å². The van der Waals surface area contributed by atoms with Crippen LogP contribution in [0.5, 0.6) is 11.5 Å². The van der Waals surface area contributed by atoms with Crippen LogP contribution in [0.1, 0.15) is 34.0 Å². The molecule has 1 heterocycles. The maximum absolute atomic E-state index is 13.3. The van der Waals surface area contributed by atoms with Crippen molar-refractivity contribution in [2.45, 2.75) is 20.4 Å². The van der Waals surface area contributed by atoms with Crippen LogP contribution < -0.4 is 9.47 Å². The lowest BCUT2D eigenvalue weighted by Gasteiger charge is -2.13. The number of hydrogen-bond donors (Lipinski definition) is 0. The number of thioether (sulfide) groups is 1. The zero-order valence-corrected chi connectivity index (χ0v) is 21.0. The minimum absolute atomic E-state index is 0.0702. The maximum Gasteiger partial charge on any atom is 0.343 e. The van der Waals surface area contributed by atoms with E-state index < -0.39 is 22.9 Å². The van der Waals surface area contributed by atoms with Crippen molar-refractivity contribution in [2.24, 2.45) is 0 Å². The van der Waals surface area contributed by atoms with Gasteiger partial charge in [-0.2, -0.15) is 0 Å². The Morgan fingerprint density at radius 1 is 1.06 bits per heavy atom. The molecule has 3 aromatic carbocycles. The molecule has 0 atom stereocenters. The molecule has 184 valence electrons. The second-order valence-corrected chi connectivity index (χ2v) is 9.30. The molecule has 0 unspecified atom stereocenters. The maximum atomic E-state index is 13.3. The second-order valence-electron chi connectivity index (χ2n) is 7.90. The molecule has 2 amide bonds. The molecule has 1 aliphatic heterocycles. The first-order valence-electron chi connectivity index (χ1n) is 11.0. The first-order chi connectivity index (χ1) is 17.2. The van der Waals surface area contributed by atoms with Crippen LogP contribution in [0.3, 0.4) is 0 Å². The molecule has 1 aliphatic rings. The smallest absolute Gasteiger partial charge is 0.343 e. The number of rotatable bonds is 7. The van der Waals surface area contributed by atoms with Crippen molar-refractivity contribution in [2.75, 3.05) is 6.61 Å². The van der Waals surface area contributed by atoms with E-state index in [9.17, 15) is 18.8 Å². The van der Waals surface area contributed by atoms with Gasteiger partial charge in [0.25, 0.3) is 11.1 Å². The van der Waals surface area contributed by atoms with Crippen molar-refractivity contribution < 1.29 is 28.2 Å². The van der Waals surface area contributed by atoms with Gasteiger partial charge >= 0.3 is 5.97 Å². The first kappa shape index (κ1) is 25.5. The molecule has 0 spiro atoms. The third-order valence-electron chi connectivity index (χ3n) is 5.27. The van der Waals surface area contributed by atoms with Gasteiger partial charge < -0.3 is 9.47 Å². The predicted molar refractivity (Wildman–Crippen MR) is 137 cm³/mol. The number of nitrogens with zero attached hydrogens (tertiary/aromatic N) is 1. The van der Waals surface area contributed by atoms with Gasteiger partial charge in [-0.25, -0.2) is 9.18 Å². The molecule has 0 bridgehead atoms. The average Bonchev–Trinajstić information content (AvgIpc) is 3.10. The quantitative estimate of drug-likeness (QED) is 0.195. The zero-order chi connectivity index (χ0) is 25.8. The highest BCUT2D eigenvalue weighted by molar-refractivity contribution is 8.18. The highest BCUT2D eigenvalue weighted by atomic mass is 35.5. The summed E-state index contributed by atoms with van der Waals surface area (Å²) in [4.78, 5) is 39.2. The van der Waals surface area contributed by atoms with Crippen LogP contribution in [0.25, 0.3) is 6.08 Å². The number of aryl methyl sites for hydroxylation is 1. The summed E-state index contributed by atoms with van der Waals surface area (Å²) in [6, 6.07) is 15.7. The van der Waals surface area contributed by atoms with Crippen molar-refractivity contribution in [3.63, 3.8) is 0 Å². The standard InChI is InChI=1S/C27H21ClFNO5S/c1-3-34-23-12-17(6-11-22(23)35-26(32)18-7-4-16(2)5-8-18)13-24-25(31)30(27(33)36-24)15-19-9-10-20(29)14-21(19)28/h4-14H,3,15H2,1-2H3/b24-13-. The topological polar surface area (TPSA) is 72.9 Å². The largest absolute Gasteiger partial charge is 0.490 e. The van der Waals surface area contributed by atoms with Crippen molar-refractivity contribution >= 4 is 46.6 Å². The Kier molecular flexibility index (Phi) is 7.76. The van der Waals surface area contributed by atoms with E-state index in [1.54, 1.807) is 43.3 Å². The summed E-state index contributed by atoms with van der Waals surface area (Å²) in [7, 11) is 0. The summed E-state index contributed by atoms with van der Waals surface area (Å²) >= 11 is 6.85. The van der Waals surface area contributed by atoms with Crippen LogP contribution in [0.2, 0.25) is 5.02 Å². The van der Waals surface area contributed by atoms with E-state index >= 15 is 0 Å². The molecule has 36 heavy (non-hydrogen) atoms. The number of ether oxygens (including phenoxy) is 2. The van der Waals surface area contributed by atoms with Crippen molar-refractivity contribution in [3.8, 4) is 11.5 Å². The fourth-order valence-corrected chi connectivity index (χ4v) is 4.49. The summed E-state index contributed by atoms with van der Waals surface area (Å²) in [5, 5.41) is -0.324. The minimum Gasteiger partial charge on any atom is -0.490 e. The Hall–Kier alpha value is -3.62. The predicted octanol–water partition coefficient (Wildman–Crippen LogP) is 6.64. The second kappa shape index (κ2) is 11.0. The third-order valence-corrected chi connectivity index (χ3v) is 6.53. The monoisotopic (exact) mass is 525 g/mol. The molecule has 0 N–H and O–H groups in total. The van der Waals surface area contributed by atoms with E-state index in [4.69, 9.17) is 21.1 Å². The van der Waals surface area contributed by atoms with Gasteiger partial charge in [0.2, 0.25) is 0 Å². The molecule has 0 radical (unpaired) electrons. The number of carbonyl (C=O) groups is 3. The van der Waals surface area contributed by atoms with E-state index in [-0.39, 0.29) is 22.2 Å². The van der Waals surface area contributed by atoms with Gasteiger partial charge in [-0.3, -0.25) is 14.5 Å². The number of esters is 1. The first-order valence-corrected chi connectivity index (χ1v) is 12.2. The molecule has 9 heteroatoms. The average molecular weight is 526 g/mol. The molecule has 0 saturated carbocycles. The van der Waals surface area contributed by atoms with Gasteiger partial charge in [0.1, 0.15) is 5.82 Å². The highest BCUT2D eigenvalue weighted by Crippen LogP contribution is 2.36. The summed E-state index contributed by atoms with van der Waals surface area (Å²) in [5.74, 6) is -0.957. The molecule has 6 nitrogen and oxygen atoms in total. The minimum atomic E-state index is -0.524. The number of carbonyl (C=O) groups excluding carboxylic acids is 3. The van der Waals surface area contributed by atoms with Crippen LogP contribution in [-0.2, 0) is 11.3 Å². The molecule has 1 fully saturated rings. The lowest BCUT2D eigenvalue weighted by atomic mass is 10.1. The van der Waals surface area contributed by atoms with Crippen LogP contribution in [-0.4, -0.2) is 28.6 Å². The van der Waals surface area contributed by atoms with Crippen molar-refractivity contribution in [1.29, 1.82) is 0 Å². The fraction of sp³-hybridized carbons (Fsp3) is 0.148. The lowest BCUT2D eigenvalue weighted by molar-refractivity contribution is -0.123. The van der Waals surface area contributed by atoms with Gasteiger partial charge in [-0.15, -0.1) is 0 Å². The van der Waals surface area contributed by atoms with Crippen molar-refractivity contribution in [1.82, 2.24) is 4.90 Å². The Morgan fingerprint density at radius 3 is 2.50 bits per heavy atom. The van der Waals surface area contributed by atoms with E-state index in [0.29, 0.717) is 29.0 Å². The summed E-state index contributed by atoms with van der Waals surface area (Å²) in [6.07, 6.45) is 1.56. The van der Waals surface area contributed by atoms with Crippen molar-refractivity contribution in [3.05, 3.63) is 98.7 Å². The molecule has 4 rings (SSSR count).